The normalized spacial score (nSPS) is 11.9. The first-order chi connectivity index (χ1) is 18.1. The zero-order chi connectivity index (χ0) is 25.6. The van der Waals surface area contributed by atoms with E-state index in [1.54, 1.807) is 12.1 Å². The molecule has 5 rings (SSSR count). The van der Waals surface area contributed by atoms with E-state index in [2.05, 4.69) is 15.6 Å². The second-order valence-electron chi connectivity index (χ2n) is 7.90. The molecule has 1 N–H and O–H groups in total. The standard InChI is InChI=1S/C26H25N3O8/c1-3-32-20-7-5-16(9-23(20)33-4-2)19-12-26(37-29-19)27-25(30)14-31-13-18-11-22(36-28-18)17-6-8-21-24(10-17)35-15-34-21/h5-12H,3-4,13-15H2,1-2H3,(H,27,30). The third-order valence-electron chi connectivity index (χ3n) is 5.31. The number of rotatable bonds is 11. The minimum Gasteiger partial charge on any atom is -0.490 e. The number of carbonyl (C=O) groups is 1. The summed E-state index contributed by atoms with van der Waals surface area (Å²) in [6.45, 7) is 4.91. The van der Waals surface area contributed by atoms with Gasteiger partial charge in [0.1, 0.15) is 18.0 Å². The molecule has 1 aliphatic heterocycles. The van der Waals surface area contributed by atoms with Crippen molar-refractivity contribution in [3.63, 3.8) is 0 Å². The molecule has 0 aliphatic carbocycles. The van der Waals surface area contributed by atoms with Gasteiger partial charge >= 0.3 is 0 Å². The Labute approximate surface area is 212 Å². The van der Waals surface area contributed by atoms with E-state index in [0.29, 0.717) is 53.4 Å². The number of aromatic nitrogens is 2. The largest absolute Gasteiger partial charge is 0.490 e. The van der Waals surface area contributed by atoms with Crippen LogP contribution in [0.2, 0.25) is 0 Å². The van der Waals surface area contributed by atoms with Crippen LogP contribution in [0.5, 0.6) is 23.0 Å². The van der Waals surface area contributed by atoms with Crippen LogP contribution < -0.4 is 24.3 Å². The second-order valence-corrected chi connectivity index (χ2v) is 7.90. The number of nitrogens with one attached hydrogen (secondary N) is 1. The van der Waals surface area contributed by atoms with Crippen molar-refractivity contribution in [3.8, 4) is 45.6 Å². The molecule has 11 heteroatoms. The number of hydrogen-bond donors (Lipinski definition) is 1. The third-order valence-corrected chi connectivity index (χ3v) is 5.31. The lowest BCUT2D eigenvalue weighted by molar-refractivity contribution is -0.121. The number of ether oxygens (including phenoxy) is 5. The van der Waals surface area contributed by atoms with Crippen LogP contribution >= 0.6 is 0 Å². The Balaban J connectivity index is 1.13. The summed E-state index contributed by atoms with van der Waals surface area (Å²) < 4.78 is 38.1. The van der Waals surface area contributed by atoms with Crippen molar-refractivity contribution >= 4 is 11.8 Å². The van der Waals surface area contributed by atoms with Gasteiger partial charge in [-0.1, -0.05) is 10.3 Å². The van der Waals surface area contributed by atoms with E-state index in [-0.39, 0.29) is 25.9 Å². The maximum absolute atomic E-state index is 12.3. The smallest absolute Gasteiger partial charge is 0.252 e. The topological polar surface area (TPSA) is 127 Å². The molecule has 0 saturated carbocycles. The van der Waals surface area contributed by atoms with Gasteiger partial charge in [0.25, 0.3) is 5.91 Å². The summed E-state index contributed by atoms with van der Waals surface area (Å²) in [5.74, 6) is 2.95. The molecule has 37 heavy (non-hydrogen) atoms. The second kappa shape index (κ2) is 11.0. The molecule has 0 fully saturated rings. The van der Waals surface area contributed by atoms with Crippen LogP contribution in [-0.2, 0) is 16.1 Å². The zero-order valence-electron chi connectivity index (χ0n) is 20.3. The first kappa shape index (κ1) is 24.2. The van der Waals surface area contributed by atoms with Crippen LogP contribution in [0.25, 0.3) is 22.6 Å². The lowest BCUT2D eigenvalue weighted by Crippen LogP contribution is -2.17. The quantitative estimate of drug-likeness (QED) is 0.306. The van der Waals surface area contributed by atoms with Crippen LogP contribution in [0.15, 0.2) is 57.6 Å². The molecule has 0 radical (unpaired) electrons. The maximum atomic E-state index is 12.3. The van der Waals surface area contributed by atoms with Crippen molar-refractivity contribution in [1.82, 2.24) is 10.3 Å². The molecule has 2 aromatic carbocycles. The number of nitrogens with zero attached hydrogens (tertiary/aromatic N) is 2. The van der Waals surface area contributed by atoms with Crippen molar-refractivity contribution < 1.29 is 37.5 Å². The molecule has 0 saturated heterocycles. The Morgan fingerprint density at radius 2 is 1.70 bits per heavy atom. The van der Waals surface area contributed by atoms with Crippen molar-refractivity contribution in [3.05, 3.63) is 54.2 Å². The molecular formula is C26H25N3O8. The maximum Gasteiger partial charge on any atom is 0.252 e. The fourth-order valence-electron chi connectivity index (χ4n) is 3.67. The highest BCUT2D eigenvalue weighted by atomic mass is 16.7. The monoisotopic (exact) mass is 507 g/mol. The first-order valence-electron chi connectivity index (χ1n) is 11.7. The summed E-state index contributed by atoms with van der Waals surface area (Å²) >= 11 is 0. The number of benzene rings is 2. The summed E-state index contributed by atoms with van der Waals surface area (Å²) in [7, 11) is 0. The minimum atomic E-state index is -0.399. The summed E-state index contributed by atoms with van der Waals surface area (Å²) in [6, 6.07) is 14.3. The van der Waals surface area contributed by atoms with Crippen LogP contribution in [0.4, 0.5) is 5.88 Å². The van der Waals surface area contributed by atoms with E-state index < -0.39 is 5.91 Å². The van der Waals surface area contributed by atoms with Gasteiger partial charge < -0.3 is 32.7 Å². The lowest BCUT2D eigenvalue weighted by atomic mass is 10.1. The van der Waals surface area contributed by atoms with E-state index >= 15 is 0 Å². The van der Waals surface area contributed by atoms with Gasteiger partial charge in [-0.3, -0.25) is 10.1 Å². The van der Waals surface area contributed by atoms with Crippen LogP contribution in [0.1, 0.15) is 19.5 Å². The summed E-state index contributed by atoms with van der Waals surface area (Å²) in [5.41, 5.74) is 2.64. The molecular weight excluding hydrogens is 482 g/mol. The minimum absolute atomic E-state index is 0.0928. The van der Waals surface area contributed by atoms with E-state index in [4.69, 9.17) is 32.7 Å². The number of anilines is 1. The van der Waals surface area contributed by atoms with E-state index in [9.17, 15) is 4.79 Å². The van der Waals surface area contributed by atoms with Gasteiger partial charge in [-0.05, 0) is 50.2 Å². The Hall–Kier alpha value is -4.51. The predicted octanol–water partition coefficient (Wildman–Crippen LogP) is 4.68. The Morgan fingerprint density at radius 3 is 2.57 bits per heavy atom. The van der Waals surface area contributed by atoms with Gasteiger partial charge in [0.15, 0.2) is 28.8 Å². The molecule has 11 nitrogen and oxygen atoms in total. The highest BCUT2D eigenvalue weighted by Crippen LogP contribution is 2.36. The van der Waals surface area contributed by atoms with E-state index in [1.807, 2.05) is 50.2 Å². The molecule has 0 bridgehead atoms. The molecule has 3 heterocycles. The highest BCUT2D eigenvalue weighted by Gasteiger charge is 2.17. The summed E-state index contributed by atoms with van der Waals surface area (Å²) in [4.78, 5) is 12.3. The van der Waals surface area contributed by atoms with Gasteiger partial charge in [-0.25, -0.2) is 0 Å². The van der Waals surface area contributed by atoms with Crippen LogP contribution in [0, 0.1) is 0 Å². The van der Waals surface area contributed by atoms with Gasteiger partial charge in [0.2, 0.25) is 12.7 Å². The third kappa shape index (κ3) is 5.67. The average molecular weight is 507 g/mol. The van der Waals surface area contributed by atoms with Crippen molar-refractivity contribution in [1.29, 1.82) is 0 Å². The fraction of sp³-hybridized carbons (Fsp3) is 0.269. The molecule has 192 valence electrons. The van der Waals surface area contributed by atoms with Crippen molar-refractivity contribution in [2.75, 3.05) is 31.9 Å². The van der Waals surface area contributed by atoms with E-state index in [0.717, 1.165) is 11.1 Å². The lowest BCUT2D eigenvalue weighted by Gasteiger charge is -2.11. The average Bonchev–Trinajstić information content (AvgIpc) is 3.66. The van der Waals surface area contributed by atoms with Gasteiger partial charge in [-0.2, -0.15) is 0 Å². The van der Waals surface area contributed by atoms with Gasteiger partial charge in [0, 0.05) is 23.3 Å². The fourth-order valence-corrected chi connectivity index (χ4v) is 3.67. The highest BCUT2D eigenvalue weighted by molar-refractivity contribution is 5.90. The van der Waals surface area contributed by atoms with Crippen LogP contribution in [-0.4, -0.2) is 42.8 Å². The Kier molecular flexibility index (Phi) is 7.22. The zero-order valence-corrected chi connectivity index (χ0v) is 20.3. The van der Waals surface area contributed by atoms with Gasteiger partial charge in [-0.15, -0.1) is 0 Å². The number of amides is 1. The Bertz CT molecular complexity index is 1380. The van der Waals surface area contributed by atoms with Crippen molar-refractivity contribution in [2.45, 2.75) is 20.5 Å². The number of fused-ring (bicyclic) bond motifs is 1. The number of carbonyl (C=O) groups excluding carboxylic acids is 1. The van der Waals surface area contributed by atoms with Crippen LogP contribution in [0.3, 0.4) is 0 Å². The van der Waals surface area contributed by atoms with Gasteiger partial charge in [0.05, 0.1) is 19.8 Å². The molecule has 1 aliphatic rings. The molecule has 4 aromatic rings. The Morgan fingerprint density at radius 1 is 0.892 bits per heavy atom. The molecule has 1 amide bonds. The summed E-state index contributed by atoms with van der Waals surface area (Å²) in [5, 5.41) is 10.6. The number of hydrogen-bond acceptors (Lipinski definition) is 10. The SMILES string of the molecule is CCOc1ccc(-c2cc(NC(=O)COCc3cc(-c4ccc5c(c4)OCO5)on3)on2)cc1OCC. The molecule has 2 aromatic heterocycles. The molecule has 0 unspecified atom stereocenters. The molecule has 0 atom stereocenters. The van der Waals surface area contributed by atoms with E-state index in [1.165, 1.54) is 0 Å². The molecule has 0 spiro atoms. The summed E-state index contributed by atoms with van der Waals surface area (Å²) in [6.07, 6.45) is 0. The first-order valence-corrected chi connectivity index (χ1v) is 11.7. The predicted molar refractivity (Wildman–Crippen MR) is 131 cm³/mol. The van der Waals surface area contributed by atoms with Crippen molar-refractivity contribution in [2.24, 2.45) is 0 Å².